The Kier molecular flexibility index (Phi) is 6.34. The van der Waals surface area contributed by atoms with Crippen LogP contribution in [0.15, 0.2) is 34.1 Å². The Morgan fingerprint density at radius 2 is 1.04 bits per heavy atom. The maximum absolute atomic E-state index is 11.7. The van der Waals surface area contributed by atoms with Gasteiger partial charge in [-0.05, 0) is 49.2 Å². The third kappa shape index (κ3) is 4.53. The Bertz CT molecular complexity index is 970. The summed E-state index contributed by atoms with van der Waals surface area (Å²) in [5, 5.41) is 0. The van der Waals surface area contributed by atoms with Gasteiger partial charge in [0.15, 0.2) is 0 Å². The van der Waals surface area contributed by atoms with E-state index in [-0.39, 0.29) is 53.5 Å². The van der Waals surface area contributed by atoms with Gasteiger partial charge < -0.3 is 12.9 Å². The molecule has 0 aromatic heterocycles. The molecule has 2 rings (SSSR count). The van der Waals surface area contributed by atoms with Crippen molar-refractivity contribution in [3.8, 4) is 11.1 Å². The minimum absolute atomic E-state index is 0. The molecule has 0 radical (unpaired) electrons. The zero-order chi connectivity index (χ0) is 18.4. The van der Waals surface area contributed by atoms with Crippen molar-refractivity contribution in [2.75, 3.05) is 11.5 Å². The van der Waals surface area contributed by atoms with Crippen LogP contribution in [0.25, 0.3) is 11.1 Å². The van der Waals surface area contributed by atoms with Crippen molar-refractivity contribution in [3.05, 3.63) is 35.4 Å². The summed E-state index contributed by atoms with van der Waals surface area (Å²) in [5.41, 5.74) is 12.3. The summed E-state index contributed by atoms with van der Waals surface area (Å²) >= 11 is 0. The monoisotopic (exact) mass is 396 g/mol. The second kappa shape index (κ2) is 7.23. The molecule has 0 amide bonds. The van der Waals surface area contributed by atoms with Gasteiger partial charge >= 0.3 is 29.6 Å². The number of hydrogen-bond donors (Lipinski definition) is 4. The third-order valence-electron chi connectivity index (χ3n) is 3.58. The van der Waals surface area contributed by atoms with Crippen LogP contribution in [0, 0.1) is 13.8 Å². The van der Waals surface area contributed by atoms with E-state index in [9.17, 15) is 25.9 Å². The first-order valence-corrected chi connectivity index (χ1v) is 9.46. The van der Waals surface area contributed by atoms with E-state index in [1.54, 1.807) is 13.8 Å². The first-order valence-electron chi connectivity index (χ1n) is 6.58. The van der Waals surface area contributed by atoms with E-state index < -0.39 is 30.0 Å². The van der Waals surface area contributed by atoms with E-state index in [1.807, 2.05) is 0 Å². The number of benzene rings is 2. The molecule has 2 aromatic rings. The summed E-state index contributed by atoms with van der Waals surface area (Å²) in [6.07, 6.45) is 0. The fraction of sp³-hybridized carbons (Fsp3) is 0.143. The van der Waals surface area contributed by atoms with Crippen molar-refractivity contribution in [3.63, 3.8) is 0 Å². The van der Waals surface area contributed by atoms with E-state index in [4.69, 9.17) is 11.5 Å². The Labute approximate surface area is 169 Å². The number of rotatable bonds is 3. The summed E-state index contributed by atoms with van der Waals surface area (Å²) in [5.74, 6) is 0. The van der Waals surface area contributed by atoms with Crippen LogP contribution in [0.2, 0.25) is 0 Å². The van der Waals surface area contributed by atoms with Crippen molar-refractivity contribution in [2.24, 2.45) is 0 Å². The topological polar surface area (TPSA) is 161 Å². The maximum atomic E-state index is 11.7. The van der Waals surface area contributed by atoms with E-state index in [0.717, 1.165) is 12.1 Å². The van der Waals surface area contributed by atoms with E-state index >= 15 is 0 Å². The smallest absolute Gasteiger partial charge is 1.00 e. The predicted molar refractivity (Wildman–Crippen MR) is 90.9 cm³/mol. The van der Waals surface area contributed by atoms with Gasteiger partial charge in [-0.2, -0.15) is 16.8 Å². The number of nitrogen functional groups attached to an aromatic ring is 2. The van der Waals surface area contributed by atoms with Gasteiger partial charge in [0, 0.05) is 22.5 Å². The molecule has 0 unspecified atom stereocenters. The molecule has 0 bridgehead atoms. The van der Waals surface area contributed by atoms with Crippen molar-refractivity contribution in [1.82, 2.24) is 0 Å². The Morgan fingerprint density at radius 3 is 1.28 bits per heavy atom. The van der Waals surface area contributed by atoms with Crippen LogP contribution in [0.1, 0.15) is 12.6 Å². The fourth-order valence-electron chi connectivity index (χ4n) is 2.26. The van der Waals surface area contributed by atoms with Gasteiger partial charge in [-0.25, -0.2) is 0 Å². The molecule has 0 saturated heterocycles. The molecule has 0 spiro atoms. The maximum Gasteiger partial charge on any atom is 1.00 e. The van der Waals surface area contributed by atoms with Gasteiger partial charge in [-0.15, -0.1) is 0 Å². The quantitative estimate of drug-likeness (QED) is 0.284. The first kappa shape index (κ1) is 21.9. The molecule has 6 N–H and O–H groups in total. The molecular formula is C14H17N2NaO6S2. The molecule has 0 saturated carbocycles. The zero-order valence-electron chi connectivity index (χ0n) is 14.8. The van der Waals surface area contributed by atoms with Gasteiger partial charge in [0.1, 0.15) is 9.79 Å². The normalized spacial score (nSPS) is 11.8. The van der Waals surface area contributed by atoms with Gasteiger partial charge in [0.05, 0.1) is 0 Å². The van der Waals surface area contributed by atoms with Crippen molar-refractivity contribution in [1.29, 1.82) is 0 Å². The number of hydrogen-bond acceptors (Lipinski definition) is 6. The van der Waals surface area contributed by atoms with Crippen LogP contribution in [-0.2, 0) is 20.2 Å². The summed E-state index contributed by atoms with van der Waals surface area (Å²) in [6, 6.07) is 4.69. The van der Waals surface area contributed by atoms with Crippen LogP contribution >= 0.6 is 0 Å². The Balaban J connectivity index is 0.00000312. The van der Waals surface area contributed by atoms with Crippen molar-refractivity contribution < 1.29 is 56.9 Å². The van der Waals surface area contributed by atoms with Crippen LogP contribution in [0.5, 0.6) is 0 Å². The molecule has 0 aliphatic rings. The molecule has 0 heterocycles. The second-order valence-corrected chi connectivity index (χ2v) is 8.14. The molecule has 0 fully saturated rings. The zero-order valence-corrected chi connectivity index (χ0v) is 17.4. The van der Waals surface area contributed by atoms with E-state index in [2.05, 4.69) is 0 Å². The largest absolute Gasteiger partial charge is 1.00 e. The number of nitrogens with two attached hydrogens (primary N) is 2. The SMILES string of the molecule is Cc1cc(-c2cc(C)c(N)cc2S(=O)(=O)O)c(S(=O)(=O)O)cc1N.[H-].[Na+]. The van der Waals surface area contributed by atoms with Crippen molar-refractivity contribution >= 4 is 31.6 Å². The summed E-state index contributed by atoms with van der Waals surface area (Å²) in [7, 11) is -9.39. The Hall–Kier alpha value is -1.14. The minimum Gasteiger partial charge on any atom is -1.00 e. The Morgan fingerprint density at radius 1 is 0.760 bits per heavy atom. The van der Waals surface area contributed by atoms with Crippen LogP contribution < -0.4 is 41.0 Å². The van der Waals surface area contributed by atoms with Gasteiger partial charge in [0.25, 0.3) is 20.2 Å². The van der Waals surface area contributed by atoms with Crippen LogP contribution in [0.3, 0.4) is 0 Å². The summed E-state index contributed by atoms with van der Waals surface area (Å²) < 4.78 is 65.6. The molecule has 0 aliphatic heterocycles. The van der Waals surface area contributed by atoms with Gasteiger partial charge in [0.2, 0.25) is 0 Å². The molecular weight excluding hydrogens is 379 g/mol. The molecule has 132 valence electrons. The summed E-state index contributed by atoms with van der Waals surface area (Å²) in [6.45, 7) is 3.17. The van der Waals surface area contributed by atoms with Gasteiger partial charge in [-0.3, -0.25) is 9.11 Å². The average molecular weight is 396 g/mol. The fourth-order valence-corrected chi connectivity index (χ4v) is 3.70. The van der Waals surface area contributed by atoms with Crippen molar-refractivity contribution in [2.45, 2.75) is 23.6 Å². The average Bonchev–Trinajstić information content (AvgIpc) is 2.41. The second-order valence-electron chi connectivity index (χ2n) is 5.36. The molecule has 11 heteroatoms. The number of anilines is 2. The molecule has 25 heavy (non-hydrogen) atoms. The molecule has 0 aliphatic carbocycles. The molecule has 8 nitrogen and oxygen atoms in total. The minimum atomic E-state index is -4.69. The van der Waals surface area contributed by atoms with Crippen LogP contribution in [0.4, 0.5) is 11.4 Å². The van der Waals surface area contributed by atoms with Gasteiger partial charge in [-0.1, -0.05) is 0 Å². The van der Waals surface area contributed by atoms with E-state index in [0.29, 0.717) is 11.1 Å². The van der Waals surface area contributed by atoms with E-state index in [1.165, 1.54) is 12.1 Å². The molecule has 0 atom stereocenters. The first-order chi connectivity index (χ1) is 10.8. The third-order valence-corrected chi connectivity index (χ3v) is 5.37. The van der Waals surface area contributed by atoms with Crippen LogP contribution in [-0.4, -0.2) is 25.9 Å². The predicted octanol–water partition coefficient (Wildman–Crippen LogP) is -1.26. The summed E-state index contributed by atoms with van der Waals surface area (Å²) in [4.78, 5) is -1.14. The molecule has 2 aromatic carbocycles. The standard InChI is InChI=1S/C14H16N2O6S2.Na.H/c1-7-3-9(13(5-11(7)15)23(17,18)19)10-4-8(2)12(16)6-14(10)24(20,21)22;;/h3-6H,15-16H2,1-2H3,(H,17,18,19)(H,20,21,22);;/q;+1;-1. The number of aryl methyl sites for hydroxylation is 2.